The highest BCUT2D eigenvalue weighted by atomic mass is 15.3. The summed E-state index contributed by atoms with van der Waals surface area (Å²) in [7, 11) is 0. The molecule has 4 nitrogen and oxygen atoms in total. The topological polar surface area (TPSA) is 43.1 Å². The zero-order chi connectivity index (χ0) is 11.2. The third kappa shape index (κ3) is 1.15. The van der Waals surface area contributed by atoms with Crippen LogP contribution in [0, 0.1) is 0 Å². The molecule has 0 amide bonds. The smallest absolute Gasteiger partial charge is 0.181 e. The first kappa shape index (κ1) is 8.64. The second-order valence-electron chi connectivity index (χ2n) is 3.93. The van der Waals surface area contributed by atoms with Gasteiger partial charge in [0.15, 0.2) is 11.3 Å². The van der Waals surface area contributed by atoms with Crippen molar-refractivity contribution in [3.8, 4) is 0 Å². The van der Waals surface area contributed by atoms with Gasteiger partial charge in [-0.25, -0.2) is 14.5 Å². The van der Waals surface area contributed by atoms with Crippen LogP contribution in [0.2, 0.25) is 0 Å². The summed E-state index contributed by atoms with van der Waals surface area (Å²) < 4.78 is 1.81. The van der Waals surface area contributed by atoms with E-state index in [1.165, 1.54) is 0 Å². The summed E-state index contributed by atoms with van der Waals surface area (Å²) >= 11 is 0. The van der Waals surface area contributed by atoms with E-state index in [1.807, 2.05) is 40.9 Å². The minimum atomic E-state index is 0.738. The molecule has 1 aromatic carbocycles. The Balaban J connectivity index is 2.28. The Kier molecular flexibility index (Phi) is 1.53. The Hall–Kier alpha value is -2.49. The zero-order valence-corrected chi connectivity index (χ0v) is 8.91. The molecule has 0 fully saturated rings. The maximum atomic E-state index is 4.54. The lowest BCUT2D eigenvalue weighted by Crippen LogP contribution is -1.89. The number of benzene rings is 1. The van der Waals surface area contributed by atoms with Crippen LogP contribution >= 0.6 is 0 Å². The Bertz CT molecular complexity index is 842. The van der Waals surface area contributed by atoms with Crippen molar-refractivity contribution in [2.24, 2.45) is 0 Å². The molecule has 0 unspecified atom stereocenters. The largest absolute Gasteiger partial charge is 0.227 e. The van der Waals surface area contributed by atoms with Crippen LogP contribution in [-0.4, -0.2) is 19.6 Å². The van der Waals surface area contributed by atoms with E-state index in [4.69, 9.17) is 0 Å². The summed E-state index contributed by atoms with van der Waals surface area (Å²) in [6.07, 6.45) is 1.75. The molecular weight excluding hydrogens is 212 g/mol. The average molecular weight is 220 g/mol. The Labute approximate surface area is 96.5 Å². The SMILES string of the molecule is c1ccc2nc3nc4cccnn4c3cc2c1. The van der Waals surface area contributed by atoms with Crippen LogP contribution < -0.4 is 0 Å². The summed E-state index contributed by atoms with van der Waals surface area (Å²) in [6, 6.07) is 13.9. The lowest BCUT2D eigenvalue weighted by Gasteiger charge is -1.96. The predicted octanol–water partition coefficient (Wildman–Crippen LogP) is 2.43. The highest BCUT2D eigenvalue weighted by Crippen LogP contribution is 2.19. The molecule has 0 saturated heterocycles. The molecule has 0 aliphatic carbocycles. The molecule has 0 saturated carbocycles. The molecule has 0 radical (unpaired) electrons. The maximum absolute atomic E-state index is 4.54. The molecule has 17 heavy (non-hydrogen) atoms. The zero-order valence-electron chi connectivity index (χ0n) is 8.91. The third-order valence-corrected chi connectivity index (χ3v) is 2.86. The number of rotatable bonds is 0. The van der Waals surface area contributed by atoms with Gasteiger partial charge in [-0.15, -0.1) is 0 Å². The Morgan fingerprint density at radius 1 is 0.941 bits per heavy atom. The molecule has 0 aliphatic heterocycles. The van der Waals surface area contributed by atoms with Crippen molar-refractivity contribution in [1.82, 2.24) is 19.6 Å². The second kappa shape index (κ2) is 3.01. The molecule has 3 heterocycles. The number of nitrogens with zero attached hydrogens (tertiary/aromatic N) is 4. The Morgan fingerprint density at radius 3 is 2.88 bits per heavy atom. The van der Waals surface area contributed by atoms with Gasteiger partial charge >= 0.3 is 0 Å². The summed E-state index contributed by atoms with van der Waals surface area (Å²) in [4.78, 5) is 9.00. The van der Waals surface area contributed by atoms with E-state index < -0.39 is 0 Å². The third-order valence-electron chi connectivity index (χ3n) is 2.86. The molecule has 0 aliphatic rings. The quantitative estimate of drug-likeness (QED) is 0.457. The first-order valence-electron chi connectivity index (χ1n) is 5.41. The molecule has 4 rings (SSSR count). The molecular formula is C13H8N4. The van der Waals surface area contributed by atoms with Gasteiger partial charge in [-0.1, -0.05) is 18.2 Å². The number of fused-ring (bicyclic) bond motifs is 4. The minimum Gasteiger partial charge on any atom is -0.227 e. The van der Waals surface area contributed by atoms with Crippen molar-refractivity contribution in [2.75, 3.05) is 0 Å². The fourth-order valence-corrected chi connectivity index (χ4v) is 2.08. The number of hydrogen-bond acceptors (Lipinski definition) is 3. The van der Waals surface area contributed by atoms with Crippen LogP contribution in [0.4, 0.5) is 0 Å². The second-order valence-corrected chi connectivity index (χ2v) is 3.93. The summed E-state index contributed by atoms with van der Waals surface area (Å²) in [5, 5.41) is 5.39. The fourth-order valence-electron chi connectivity index (χ4n) is 2.08. The van der Waals surface area contributed by atoms with Crippen molar-refractivity contribution < 1.29 is 0 Å². The summed E-state index contributed by atoms with van der Waals surface area (Å²) in [5.41, 5.74) is 3.47. The predicted molar refractivity (Wildman–Crippen MR) is 65.8 cm³/mol. The lowest BCUT2D eigenvalue weighted by molar-refractivity contribution is 0.966. The van der Waals surface area contributed by atoms with E-state index >= 15 is 0 Å². The molecule has 3 aromatic heterocycles. The van der Waals surface area contributed by atoms with Crippen LogP contribution in [0.1, 0.15) is 0 Å². The fraction of sp³-hybridized carbons (Fsp3) is 0. The molecule has 0 spiro atoms. The van der Waals surface area contributed by atoms with Crippen molar-refractivity contribution in [1.29, 1.82) is 0 Å². The number of imidazole rings is 1. The Morgan fingerprint density at radius 2 is 1.88 bits per heavy atom. The number of aromatic nitrogens is 4. The average Bonchev–Trinajstić information content (AvgIpc) is 2.73. The van der Waals surface area contributed by atoms with Crippen LogP contribution in [-0.2, 0) is 0 Å². The van der Waals surface area contributed by atoms with E-state index in [0.29, 0.717) is 0 Å². The maximum Gasteiger partial charge on any atom is 0.181 e. The first-order valence-corrected chi connectivity index (χ1v) is 5.41. The van der Waals surface area contributed by atoms with E-state index in [1.54, 1.807) is 6.20 Å². The monoisotopic (exact) mass is 220 g/mol. The van der Waals surface area contributed by atoms with Crippen molar-refractivity contribution in [3.05, 3.63) is 48.7 Å². The van der Waals surface area contributed by atoms with Crippen molar-refractivity contribution in [2.45, 2.75) is 0 Å². The van der Waals surface area contributed by atoms with Gasteiger partial charge in [0.25, 0.3) is 0 Å². The summed E-state index contributed by atoms with van der Waals surface area (Å²) in [5.74, 6) is 0. The summed E-state index contributed by atoms with van der Waals surface area (Å²) in [6.45, 7) is 0. The van der Waals surface area contributed by atoms with Gasteiger partial charge in [0.1, 0.15) is 5.52 Å². The van der Waals surface area contributed by atoms with Crippen molar-refractivity contribution >= 4 is 27.7 Å². The van der Waals surface area contributed by atoms with Gasteiger partial charge in [-0.05, 0) is 24.3 Å². The number of para-hydroxylation sites is 1. The van der Waals surface area contributed by atoms with Crippen LogP contribution in [0.15, 0.2) is 48.7 Å². The first-order chi connectivity index (χ1) is 8.42. The normalized spacial score (nSPS) is 11.5. The van der Waals surface area contributed by atoms with Crippen LogP contribution in [0.3, 0.4) is 0 Å². The molecule has 4 heteroatoms. The molecule has 80 valence electrons. The molecule has 0 N–H and O–H groups in total. The van der Waals surface area contributed by atoms with E-state index in [9.17, 15) is 0 Å². The van der Waals surface area contributed by atoms with Gasteiger partial charge in [0.05, 0.1) is 5.52 Å². The van der Waals surface area contributed by atoms with Gasteiger partial charge in [0.2, 0.25) is 0 Å². The highest BCUT2D eigenvalue weighted by Gasteiger charge is 2.07. The van der Waals surface area contributed by atoms with Gasteiger partial charge in [-0.2, -0.15) is 5.10 Å². The number of pyridine rings is 1. The molecule has 0 bridgehead atoms. The van der Waals surface area contributed by atoms with E-state index in [-0.39, 0.29) is 0 Å². The van der Waals surface area contributed by atoms with Gasteiger partial charge < -0.3 is 0 Å². The molecule has 0 atom stereocenters. The van der Waals surface area contributed by atoms with Gasteiger partial charge in [-0.3, -0.25) is 0 Å². The van der Waals surface area contributed by atoms with Gasteiger partial charge in [0, 0.05) is 11.6 Å². The highest BCUT2D eigenvalue weighted by molar-refractivity contribution is 5.90. The lowest BCUT2D eigenvalue weighted by atomic mass is 10.2. The number of hydrogen-bond donors (Lipinski definition) is 0. The van der Waals surface area contributed by atoms with Crippen molar-refractivity contribution in [3.63, 3.8) is 0 Å². The van der Waals surface area contributed by atoms with Crippen LogP contribution in [0.5, 0.6) is 0 Å². The minimum absolute atomic E-state index is 0.738. The van der Waals surface area contributed by atoms with E-state index in [2.05, 4.69) is 21.1 Å². The van der Waals surface area contributed by atoms with E-state index in [0.717, 1.165) is 27.7 Å². The van der Waals surface area contributed by atoms with Crippen LogP contribution in [0.25, 0.3) is 27.7 Å². The molecule has 4 aromatic rings. The standard InChI is InChI=1S/C13H8N4/c1-2-5-10-9(4-1)8-11-13(15-10)16-12-6-3-7-14-17(11)12/h1-8H.